The molecule has 2 aromatic rings. The molecule has 0 bridgehead atoms. The first-order valence-corrected chi connectivity index (χ1v) is 9.02. The lowest BCUT2D eigenvalue weighted by atomic mass is 10.1. The van der Waals surface area contributed by atoms with Crippen LogP contribution in [-0.4, -0.2) is 39.1 Å². The van der Waals surface area contributed by atoms with E-state index in [4.69, 9.17) is 9.47 Å². The number of anilines is 1. The Kier molecular flexibility index (Phi) is 5.96. The van der Waals surface area contributed by atoms with Crippen molar-refractivity contribution in [2.75, 3.05) is 32.2 Å². The second-order valence-corrected chi connectivity index (χ2v) is 6.38. The van der Waals surface area contributed by atoms with Crippen LogP contribution in [0.25, 0.3) is 0 Å². The lowest BCUT2D eigenvalue weighted by Gasteiger charge is -2.16. The van der Waals surface area contributed by atoms with Gasteiger partial charge in [-0.05, 0) is 42.7 Å². The van der Waals surface area contributed by atoms with Gasteiger partial charge < -0.3 is 19.7 Å². The predicted molar refractivity (Wildman–Crippen MR) is 104 cm³/mol. The van der Waals surface area contributed by atoms with Crippen LogP contribution in [0, 0.1) is 0 Å². The molecule has 1 aliphatic rings. The molecular formula is C21H24N2O4. The Morgan fingerprint density at radius 2 is 2.00 bits per heavy atom. The second kappa shape index (κ2) is 8.58. The summed E-state index contributed by atoms with van der Waals surface area (Å²) in [5, 5.41) is 2.93. The Labute approximate surface area is 159 Å². The van der Waals surface area contributed by atoms with Gasteiger partial charge in [0, 0.05) is 36.8 Å². The molecule has 1 N–H and O–H groups in total. The molecule has 0 spiro atoms. The van der Waals surface area contributed by atoms with Gasteiger partial charge in [0.2, 0.25) is 5.91 Å². The van der Waals surface area contributed by atoms with Crippen LogP contribution in [-0.2, 0) is 11.2 Å². The summed E-state index contributed by atoms with van der Waals surface area (Å²) in [5.74, 6) is 1.42. The molecule has 27 heavy (non-hydrogen) atoms. The van der Waals surface area contributed by atoms with Gasteiger partial charge >= 0.3 is 0 Å². The van der Waals surface area contributed by atoms with Crippen LogP contribution in [0.5, 0.6) is 11.5 Å². The maximum atomic E-state index is 12.5. The van der Waals surface area contributed by atoms with Crippen molar-refractivity contribution in [2.24, 2.45) is 0 Å². The first kappa shape index (κ1) is 18.8. The number of ether oxygens (including phenoxy) is 2. The predicted octanol–water partition coefficient (Wildman–Crippen LogP) is 2.80. The third kappa shape index (κ3) is 4.39. The van der Waals surface area contributed by atoms with E-state index in [1.54, 1.807) is 31.3 Å². The van der Waals surface area contributed by atoms with Crippen molar-refractivity contribution in [1.29, 1.82) is 0 Å². The fourth-order valence-electron chi connectivity index (χ4n) is 3.21. The quantitative estimate of drug-likeness (QED) is 0.816. The van der Waals surface area contributed by atoms with E-state index in [2.05, 4.69) is 5.32 Å². The molecule has 6 nitrogen and oxygen atoms in total. The Bertz CT molecular complexity index is 835. The molecule has 0 aromatic heterocycles. The van der Waals surface area contributed by atoms with Gasteiger partial charge in [-0.25, -0.2) is 0 Å². The Balaban J connectivity index is 1.61. The third-order valence-electron chi connectivity index (χ3n) is 4.67. The van der Waals surface area contributed by atoms with Crippen LogP contribution in [0.2, 0.25) is 0 Å². The number of nitrogens with one attached hydrogen (secondary N) is 1. The summed E-state index contributed by atoms with van der Waals surface area (Å²) < 4.78 is 10.6. The monoisotopic (exact) mass is 368 g/mol. The van der Waals surface area contributed by atoms with Crippen molar-refractivity contribution in [3.63, 3.8) is 0 Å². The van der Waals surface area contributed by atoms with Crippen molar-refractivity contribution in [2.45, 2.75) is 19.3 Å². The third-order valence-corrected chi connectivity index (χ3v) is 4.67. The molecule has 1 saturated heterocycles. The molecule has 1 heterocycles. The minimum Gasteiger partial charge on any atom is -0.497 e. The van der Waals surface area contributed by atoms with Crippen molar-refractivity contribution < 1.29 is 19.1 Å². The minimum atomic E-state index is -0.157. The Hall–Kier alpha value is -3.02. The Morgan fingerprint density at radius 1 is 1.15 bits per heavy atom. The zero-order valence-corrected chi connectivity index (χ0v) is 15.7. The summed E-state index contributed by atoms with van der Waals surface area (Å²) in [4.78, 5) is 26.1. The zero-order chi connectivity index (χ0) is 19.2. The van der Waals surface area contributed by atoms with Crippen LogP contribution in [0.3, 0.4) is 0 Å². The molecule has 0 unspecified atom stereocenters. The van der Waals surface area contributed by atoms with Crippen LogP contribution < -0.4 is 19.7 Å². The van der Waals surface area contributed by atoms with Crippen LogP contribution in [0.1, 0.15) is 28.8 Å². The molecular weight excluding hydrogens is 344 g/mol. The summed E-state index contributed by atoms with van der Waals surface area (Å²) in [6.07, 6.45) is 2.07. The number of amides is 2. The van der Waals surface area contributed by atoms with E-state index < -0.39 is 0 Å². The molecule has 0 saturated carbocycles. The van der Waals surface area contributed by atoms with Gasteiger partial charge in [-0.15, -0.1) is 0 Å². The number of hydrogen-bond acceptors (Lipinski definition) is 4. The van der Waals surface area contributed by atoms with Gasteiger partial charge in [-0.2, -0.15) is 0 Å². The highest BCUT2D eigenvalue weighted by Crippen LogP contribution is 2.25. The average Bonchev–Trinajstić information content (AvgIpc) is 3.14. The first-order valence-electron chi connectivity index (χ1n) is 9.02. The van der Waals surface area contributed by atoms with Gasteiger partial charge in [0.1, 0.15) is 11.5 Å². The van der Waals surface area contributed by atoms with E-state index >= 15 is 0 Å². The van der Waals surface area contributed by atoms with E-state index in [-0.39, 0.29) is 11.8 Å². The topological polar surface area (TPSA) is 67.9 Å². The highest BCUT2D eigenvalue weighted by molar-refractivity contribution is 5.99. The standard InChI is InChI=1S/C21H24N2O4/c1-26-18-9-8-15(19(14-18)27-2)10-11-22-21(25)16-5-3-6-17(13-16)23-12-4-7-20(23)24/h3,5-6,8-9,13-14H,4,7,10-12H2,1-2H3,(H,22,25). The van der Waals surface area contributed by atoms with Gasteiger partial charge in [-0.1, -0.05) is 12.1 Å². The normalized spacial score (nSPS) is 13.6. The summed E-state index contributed by atoms with van der Waals surface area (Å²) >= 11 is 0. The number of carbonyl (C=O) groups excluding carboxylic acids is 2. The lowest BCUT2D eigenvalue weighted by molar-refractivity contribution is -0.117. The SMILES string of the molecule is COc1ccc(CCNC(=O)c2cccc(N3CCCC3=O)c2)c(OC)c1. The molecule has 2 amide bonds. The van der Waals surface area contributed by atoms with E-state index in [9.17, 15) is 9.59 Å². The van der Waals surface area contributed by atoms with Crippen LogP contribution in [0.15, 0.2) is 42.5 Å². The molecule has 0 atom stereocenters. The van der Waals surface area contributed by atoms with Crippen molar-refractivity contribution in [3.8, 4) is 11.5 Å². The molecule has 2 aromatic carbocycles. The van der Waals surface area contributed by atoms with E-state index in [1.165, 1.54) is 0 Å². The molecule has 0 aliphatic carbocycles. The highest BCUT2D eigenvalue weighted by Gasteiger charge is 2.22. The van der Waals surface area contributed by atoms with E-state index in [0.717, 1.165) is 29.2 Å². The van der Waals surface area contributed by atoms with Gasteiger partial charge in [0.25, 0.3) is 5.91 Å². The minimum absolute atomic E-state index is 0.110. The number of nitrogens with zero attached hydrogens (tertiary/aromatic N) is 1. The molecule has 1 fully saturated rings. The highest BCUT2D eigenvalue weighted by atomic mass is 16.5. The van der Waals surface area contributed by atoms with Gasteiger partial charge in [-0.3, -0.25) is 9.59 Å². The zero-order valence-electron chi connectivity index (χ0n) is 15.7. The molecule has 3 rings (SSSR count). The maximum Gasteiger partial charge on any atom is 0.251 e. The fourth-order valence-corrected chi connectivity index (χ4v) is 3.21. The number of carbonyl (C=O) groups is 2. The largest absolute Gasteiger partial charge is 0.497 e. The van der Waals surface area contributed by atoms with Crippen LogP contribution in [0.4, 0.5) is 5.69 Å². The van der Waals surface area contributed by atoms with E-state index in [0.29, 0.717) is 31.5 Å². The van der Waals surface area contributed by atoms with Gasteiger partial charge in [0.15, 0.2) is 0 Å². The summed E-state index contributed by atoms with van der Waals surface area (Å²) in [5.41, 5.74) is 2.32. The Morgan fingerprint density at radius 3 is 2.70 bits per heavy atom. The summed E-state index contributed by atoms with van der Waals surface area (Å²) in [6.45, 7) is 1.19. The van der Waals surface area contributed by atoms with Crippen molar-refractivity contribution >= 4 is 17.5 Å². The number of rotatable bonds is 7. The maximum absolute atomic E-state index is 12.5. The smallest absolute Gasteiger partial charge is 0.251 e. The first-order chi connectivity index (χ1) is 13.1. The average molecular weight is 368 g/mol. The number of methoxy groups -OCH3 is 2. The lowest BCUT2D eigenvalue weighted by Crippen LogP contribution is -2.27. The van der Waals surface area contributed by atoms with Gasteiger partial charge in [0.05, 0.1) is 14.2 Å². The number of benzene rings is 2. The molecule has 0 radical (unpaired) electrons. The van der Waals surface area contributed by atoms with E-state index in [1.807, 2.05) is 30.3 Å². The van der Waals surface area contributed by atoms with Crippen molar-refractivity contribution in [3.05, 3.63) is 53.6 Å². The van der Waals surface area contributed by atoms with Crippen LogP contribution >= 0.6 is 0 Å². The second-order valence-electron chi connectivity index (χ2n) is 6.38. The molecule has 142 valence electrons. The fraction of sp³-hybridized carbons (Fsp3) is 0.333. The molecule has 6 heteroatoms. The summed E-state index contributed by atoms with van der Waals surface area (Å²) in [6, 6.07) is 12.8. The number of hydrogen-bond donors (Lipinski definition) is 1. The van der Waals surface area contributed by atoms with Crippen molar-refractivity contribution in [1.82, 2.24) is 5.32 Å². The summed E-state index contributed by atoms with van der Waals surface area (Å²) in [7, 11) is 3.22. The molecule has 1 aliphatic heterocycles.